The Morgan fingerprint density at radius 2 is 1.91 bits per heavy atom. The number of rotatable bonds is 1. The van der Waals surface area contributed by atoms with Crippen LogP contribution in [-0.4, -0.2) is 39.4 Å². The summed E-state index contributed by atoms with van der Waals surface area (Å²) in [6.07, 6.45) is -2.82. The molecule has 2 aromatic heterocycles. The number of nitrogen functional groups attached to an aromatic ring is 1. The number of ketones is 1. The molecular formula is C23H20F3N3O2S2. The molecule has 1 amide bonds. The van der Waals surface area contributed by atoms with Crippen molar-refractivity contribution in [2.24, 2.45) is 0 Å². The third-order valence-corrected chi connectivity index (χ3v) is 8.78. The van der Waals surface area contributed by atoms with Gasteiger partial charge in [-0.3, -0.25) is 9.59 Å². The third-order valence-electron chi connectivity index (χ3n) is 6.29. The Kier molecular flexibility index (Phi) is 5.20. The highest BCUT2D eigenvalue weighted by molar-refractivity contribution is 8.01. The normalized spacial score (nSPS) is 18.1. The molecule has 172 valence electrons. The Hall–Kier alpha value is -2.59. The van der Waals surface area contributed by atoms with Crippen LogP contribution in [0.25, 0.3) is 10.2 Å². The van der Waals surface area contributed by atoms with Gasteiger partial charge in [0, 0.05) is 40.1 Å². The first-order valence-corrected chi connectivity index (χ1v) is 12.1. The van der Waals surface area contributed by atoms with Crippen molar-refractivity contribution in [2.45, 2.75) is 42.0 Å². The van der Waals surface area contributed by atoms with Gasteiger partial charge in [-0.25, -0.2) is 4.98 Å². The van der Waals surface area contributed by atoms with Crippen molar-refractivity contribution in [2.75, 3.05) is 18.8 Å². The van der Waals surface area contributed by atoms with Gasteiger partial charge >= 0.3 is 6.18 Å². The number of amides is 1. The van der Waals surface area contributed by atoms with Gasteiger partial charge in [0.25, 0.3) is 5.91 Å². The molecule has 1 saturated heterocycles. The first-order valence-electron chi connectivity index (χ1n) is 10.4. The maximum Gasteiger partial charge on any atom is 0.433 e. The summed E-state index contributed by atoms with van der Waals surface area (Å²) < 4.78 is 38.7. The average Bonchev–Trinajstić information content (AvgIpc) is 3.09. The number of alkyl halides is 3. The topological polar surface area (TPSA) is 76.3 Å². The molecule has 2 aliphatic rings. The third kappa shape index (κ3) is 3.89. The number of aromatic nitrogens is 1. The number of nitrogens with zero attached hydrogens (tertiary/aromatic N) is 2. The number of thiophene rings is 1. The van der Waals surface area contributed by atoms with Crippen molar-refractivity contribution in [3.63, 3.8) is 0 Å². The van der Waals surface area contributed by atoms with Crippen LogP contribution in [0.15, 0.2) is 35.2 Å². The summed E-state index contributed by atoms with van der Waals surface area (Å²) in [4.78, 5) is 32.5. The number of aryl methyl sites for hydroxylation is 1. The summed E-state index contributed by atoms with van der Waals surface area (Å²) in [5.41, 5.74) is 7.06. The quantitative estimate of drug-likeness (QED) is 0.482. The van der Waals surface area contributed by atoms with Gasteiger partial charge in [0.15, 0.2) is 5.78 Å². The molecule has 0 unspecified atom stereocenters. The second-order valence-corrected chi connectivity index (χ2v) is 11.1. The van der Waals surface area contributed by atoms with Crippen LogP contribution in [0.3, 0.4) is 0 Å². The second kappa shape index (κ2) is 7.73. The van der Waals surface area contributed by atoms with Crippen molar-refractivity contribution in [1.82, 2.24) is 9.88 Å². The largest absolute Gasteiger partial charge is 0.433 e. The summed E-state index contributed by atoms with van der Waals surface area (Å²) in [5, 5.41) is 0.496. The fourth-order valence-electron chi connectivity index (χ4n) is 4.54. The van der Waals surface area contributed by atoms with Crippen LogP contribution in [0.5, 0.6) is 0 Å². The van der Waals surface area contributed by atoms with Crippen molar-refractivity contribution in [3.8, 4) is 0 Å². The molecule has 2 N–H and O–H groups in total. The van der Waals surface area contributed by atoms with E-state index in [1.165, 1.54) is 6.07 Å². The number of fused-ring (bicyclic) bond motifs is 2. The highest BCUT2D eigenvalue weighted by atomic mass is 32.2. The van der Waals surface area contributed by atoms with E-state index in [4.69, 9.17) is 5.73 Å². The number of pyridine rings is 1. The van der Waals surface area contributed by atoms with E-state index in [1.807, 2.05) is 25.1 Å². The zero-order valence-corrected chi connectivity index (χ0v) is 19.3. The predicted octanol–water partition coefficient (Wildman–Crippen LogP) is 5.56. The number of hydrogen-bond acceptors (Lipinski definition) is 6. The number of thioether (sulfide) groups is 1. The molecule has 1 aromatic carbocycles. The summed E-state index contributed by atoms with van der Waals surface area (Å²) in [6.45, 7) is 2.86. The second-order valence-electron chi connectivity index (χ2n) is 8.57. The SMILES string of the molecule is Cc1ccc2c(c1)C(=O)CC1(CCN(C(=O)c3c(N)sc4nc(C(F)(F)F)ccc34)CC1)S2. The summed E-state index contributed by atoms with van der Waals surface area (Å²) in [5.74, 6) is -0.176. The molecule has 1 spiro atoms. The van der Waals surface area contributed by atoms with Gasteiger partial charge in [-0.15, -0.1) is 11.8 Å². The lowest BCUT2D eigenvalue weighted by atomic mass is 9.87. The number of hydrogen-bond donors (Lipinski definition) is 1. The summed E-state index contributed by atoms with van der Waals surface area (Å²) in [6, 6.07) is 8.07. The van der Waals surface area contributed by atoms with Crippen LogP contribution >= 0.6 is 23.1 Å². The molecule has 0 bridgehead atoms. The monoisotopic (exact) mass is 491 g/mol. The molecule has 0 atom stereocenters. The van der Waals surface area contributed by atoms with E-state index >= 15 is 0 Å². The molecule has 10 heteroatoms. The highest BCUT2D eigenvalue weighted by Gasteiger charge is 2.43. The Morgan fingerprint density at radius 3 is 2.61 bits per heavy atom. The van der Waals surface area contributed by atoms with Crippen molar-refractivity contribution in [3.05, 3.63) is 52.7 Å². The number of benzene rings is 1. The number of anilines is 1. The van der Waals surface area contributed by atoms with E-state index in [1.54, 1.807) is 16.7 Å². The lowest BCUT2D eigenvalue weighted by Gasteiger charge is -2.43. The van der Waals surface area contributed by atoms with E-state index < -0.39 is 11.9 Å². The van der Waals surface area contributed by atoms with E-state index in [2.05, 4.69) is 4.98 Å². The molecule has 33 heavy (non-hydrogen) atoms. The zero-order valence-electron chi connectivity index (χ0n) is 17.7. The average molecular weight is 492 g/mol. The standard InChI is InChI=1S/C23H20F3N3O2S2/c1-12-2-4-16-14(10-12)15(30)11-22(33-16)6-8-29(9-7-22)21(31)18-13-3-5-17(23(24,25)26)28-20(13)32-19(18)27/h2-5,10H,6-9,11,27H2,1H3. The van der Waals surface area contributed by atoms with Gasteiger partial charge in [-0.1, -0.05) is 23.0 Å². The Bertz CT molecular complexity index is 1290. The van der Waals surface area contributed by atoms with Gasteiger partial charge in [0.1, 0.15) is 15.5 Å². The molecule has 1 fully saturated rings. The maximum atomic E-state index is 13.3. The summed E-state index contributed by atoms with van der Waals surface area (Å²) in [7, 11) is 0. The highest BCUT2D eigenvalue weighted by Crippen LogP contribution is 2.49. The van der Waals surface area contributed by atoms with Crippen LogP contribution < -0.4 is 5.73 Å². The molecule has 3 aromatic rings. The van der Waals surface area contributed by atoms with Crippen LogP contribution in [0, 0.1) is 6.92 Å². The number of likely N-dealkylation sites (tertiary alicyclic amines) is 1. The van der Waals surface area contributed by atoms with E-state index in [0.717, 1.165) is 33.4 Å². The molecule has 0 aliphatic carbocycles. The molecule has 2 aliphatic heterocycles. The van der Waals surface area contributed by atoms with Crippen LogP contribution in [-0.2, 0) is 6.18 Å². The van der Waals surface area contributed by atoms with Crippen LogP contribution in [0.4, 0.5) is 18.2 Å². The van der Waals surface area contributed by atoms with Crippen molar-refractivity contribution in [1.29, 1.82) is 0 Å². The number of halogens is 3. The molecule has 4 heterocycles. The number of piperidine rings is 1. The zero-order chi connectivity index (χ0) is 23.5. The van der Waals surface area contributed by atoms with Crippen LogP contribution in [0.2, 0.25) is 0 Å². The first kappa shape index (κ1) is 22.2. The van der Waals surface area contributed by atoms with E-state index in [0.29, 0.717) is 37.7 Å². The number of Topliss-reactive ketones (excluding diaryl/α,β-unsaturated/α-hetero) is 1. The Balaban J connectivity index is 1.36. The van der Waals surface area contributed by atoms with Gasteiger partial charge in [0.2, 0.25) is 0 Å². The minimum atomic E-state index is -4.56. The van der Waals surface area contributed by atoms with E-state index in [9.17, 15) is 22.8 Å². The minimum Gasteiger partial charge on any atom is -0.390 e. The number of carbonyl (C=O) groups is 2. The minimum absolute atomic E-state index is 0.0967. The fourth-order valence-corrected chi connectivity index (χ4v) is 6.94. The number of nitrogens with two attached hydrogens (primary N) is 1. The van der Waals surface area contributed by atoms with Gasteiger partial charge < -0.3 is 10.6 Å². The Labute approximate surface area is 196 Å². The predicted molar refractivity (Wildman–Crippen MR) is 123 cm³/mol. The van der Waals surface area contributed by atoms with Gasteiger partial charge in [-0.2, -0.15) is 13.2 Å². The maximum absolute atomic E-state index is 13.3. The van der Waals surface area contributed by atoms with Crippen LogP contribution in [0.1, 0.15) is 51.2 Å². The Morgan fingerprint density at radius 1 is 1.18 bits per heavy atom. The smallest absolute Gasteiger partial charge is 0.390 e. The number of carbonyl (C=O) groups excluding carboxylic acids is 2. The van der Waals surface area contributed by atoms with Crippen molar-refractivity contribution >= 4 is 50.0 Å². The van der Waals surface area contributed by atoms with Gasteiger partial charge in [0.05, 0.1) is 5.56 Å². The molecule has 5 nitrogen and oxygen atoms in total. The lowest BCUT2D eigenvalue weighted by Crippen LogP contribution is -2.47. The van der Waals surface area contributed by atoms with Gasteiger partial charge in [-0.05, 0) is 44.0 Å². The summed E-state index contributed by atoms with van der Waals surface area (Å²) >= 11 is 2.60. The fraction of sp³-hybridized carbons (Fsp3) is 0.348. The molecule has 0 saturated carbocycles. The molecule has 5 rings (SSSR count). The van der Waals surface area contributed by atoms with E-state index in [-0.39, 0.29) is 31.8 Å². The molecular weight excluding hydrogens is 471 g/mol. The lowest BCUT2D eigenvalue weighted by molar-refractivity contribution is -0.140. The van der Waals surface area contributed by atoms with Crippen molar-refractivity contribution < 1.29 is 22.8 Å². The first-order chi connectivity index (χ1) is 15.6. The molecule has 0 radical (unpaired) electrons.